The van der Waals surface area contributed by atoms with E-state index in [0.29, 0.717) is 22.5 Å². The number of carbonyl (C=O) groups excluding carboxylic acids is 1. The van der Waals surface area contributed by atoms with Crippen molar-refractivity contribution in [2.75, 3.05) is 13.6 Å². The first-order chi connectivity index (χ1) is 9.88. The van der Waals surface area contributed by atoms with E-state index in [2.05, 4.69) is 5.32 Å². The average Bonchev–Trinajstić information content (AvgIpc) is 3.25. The van der Waals surface area contributed by atoms with Gasteiger partial charge in [-0.05, 0) is 43.4 Å². The van der Waals surface area contributed by atoms with Crippen molar-refractivity contribution in [1.29, 1.82) is 0 Å². The van der Waals surface area contributed by atoms with Crippen LogP contribution in [0.4, 0.5) is 4.79 Å². The van der Waals surface area contributed by atoms with Gasteiger partial charge in [0.1, 0.15) is 0 Å². The Labute approximate surface area is 135 Å². The molecule has 0 radical (unpaired) electrons. The molecule has 1 aromatic rings. The Hall–Kier alpha value is -0.970. The van der Waals surface area contributed by atoms with Crippen LogP contribution in [0.25, 0.3) is 0 Å². The SMILES string of the molecule is CC(NC(=O)N(C)CC(O)C1CC1)c1ccc(Cl)c(Cl)c1. The Morgan fingerprint density at radius 2 is 2.10 bits per heavy atom. The van der Waals surface area contributed by atoms with Crippen molar-refractivity contribution in [3.05, 3.63) is 33.8 Å². The van der Waals surface area contributed by atoms with Crippen LogP contribution in [0.15, 0.2) is 18.2 Å². The molecule has 2 amide bonds. The van der Waals surface area contributed by atoms with E-state index >= 15 is 0 Å². The number of hydrogen-bond donors (Lipinski definition) is 2. The largest absolute Gasteiger partial charge is 0.391 e. The van der Waals surface area contributed by atoms with E-state index in [1.807, 2.05) is 13.0 Å². The molecule has 1 aromatic carbocycles. The molecule has 1 aliphatic carbocycles. The van der Waals surface area contributed by atoms with Crippen molar-refractivity contribution < 1.29 is 9.90 Å². The summed E-state index contributed by atoms with van der Waals surface area (Å²) >= 11 is 11.9. The maximum Gasteiger partial charge on any atom is 0.317 e. The van der Waals surface area contributed by atoms with E-state index in [4.69, 9.17) is 23.2 Å². The number of aliphatic hydroxyl groups excluding tert-OH is 1. The van der Waals surface area contributed by atoms with E-state index in [1.54, 1.807) is 19.2 Å². The van der Waals surface area contributed by atoms with E-state index in [9.17, 15) is 9.90 Å². The van der Waals surface area contributed by atoms with Crippen LogP contribution in [0.5, 0.6) is 0 Å². The highest BCUT2D eigenvalue weighted by molar-refractivity contribution is 6.42. The molecule has 2 atom stereocenters. The molecule has 0 spiro atoms. The molecule has 1 aliphatic rings. The Bertz CT molecular complexity index is 520. The van der Waals surface area contributed by atoms with Gasteiger partial charge in [-0.1, -0.05) is 29.3 Å². The summed E-state index contributed by atoms with van der Waals surface area (Å²) in [6, 6.07) is 4.88. The Balaban J connectivity index is 1.89. The molecule has 0 aromatic heterocycles. The highest BCUT2D eigenvalue weighted by Crippen LogP contribution is 2.32. The van der Waals surface area contributed by atoms with Gasteiger partial charge in [-0.2, -0.15) is 0 Å². The fourth-order valence-corrected chi connectivity index (χ4v) is 2.46. The molecule has 2 unspecified atom stereocenters. The third-order valence-corrected chi connectivity index (χ3v) is 4.50. The van der Waals surface area contributed by atoms with Crippen LogP contribution in [-0.2, 0) is 0 Å². The Kier molecular flexibility index (Phi) is 5.36. The smallest absolute Gasteiger partial charge is 0.317 e. The summed E-state index contributed by atoms with van der Waals surface area (Å²) < 4.78 is 0. The van der Waals surface area contributed by atoms with Gasteiger partial charge in [0.2, 0.25) is 0 Å². The average molecular weight is 331 g/mol. The fourth-order valence-electron chi connectivity index (χ4n) is 2.15. The second-order valence-corrected chi connectivity index (χ2v) is 6.44. The number of rotatable bonds is 5. The number of hydrogen-bond acceptors (Lipinski definition) is 2. The highest BCUT2D eigenvalue weighted by Gasteiger charge is 2.31. The number of nitrogens with zero attached hydrogens (tertiary/aromatic N) is 1. The van der Waals surface area contributed by atoms with Crippen molar-refractivity contribution in [2.45, 2.75) is 31.9 Å². The molecule has 6 heteroatoms. The molecule has 1 saturated carbocycles. The van der Waals surface area contributed by atoms with Crippen LogP contribution in [0.3, 0.4) is 0 Å². The number of urea groups is 1. The monoisotopic (exact) mass is 330 g/mol. The van der Waals surface area contributed by atoms with E-state index < -0.39 is 6.10 Å². The van der Waals surface area contributed by atoms with Crippen molar-refractivity contribution in [2.24, 2.45) is 5.92 Å². The van der Waals surface area contributed by atoms with Gasteiger partial charge in [0.15, 0.2) is 0 Å². The van der Waals surface area contributed by atoms with E-state index in [1.165, 1.54) is 4.90 Å². The second-order valence-electron chi connectivity index (χ2n) is 5.63. The summed E-state index contributed by atoms with van der Waals surface area (Å²) in [7, 11) is 1.68. The van der Waals surface area contributed by atoms with Crippen molar-refractivity contribution in [3.63, 3.8) is 0 Å². The molecule has 0 aliphatic heterocycles. The van der Waals surface area contributed by atoms with Crippen LogP contribution < -0.4 is 5.32 Å². The quantitative estimate of drug-likeness (QED) is 0.868. The zero-order valence-electron chi connectivity index (χ0n) is 12.1. The van der Waals surface area contributed by atoms with Gasteiger partial charge in [0, 0.05) is 13.6 Å². The predicted octanol–water partition coefficient (Wildman–Crippen LogP) is 3.47. The summed E-state index contributed by atoms with van der Waals surface area (Å²) in [5, 5.41) is 13.7. The van der Waals surface area contributed by atoms with Crippen molar-refractivity contribution in [1.82, 2.24) is 10.2 Å². The number of halogens is 2. The molecule has 0 bridgehead atoms. The van der Waals surface area contributed by atoms with Gasteiger partial charge in [0.05, 0.1) is 22.2 Å². The number of aliphatic hydroxyl groups is 1. The third kappa shape index (κ3) is 4.50. The number of benzene rings is 1. The third-order valence-electron chi connectivity index (χ3n) is 3.76. The minimum absolute atomic E-state index is 0.187. The second kappa shape index (κ2) is 6.86. The van der Waals surface area contributed by atoms with Gasteiger partial charge in [0.25, 0.3) is 0 Å². The number of likely N-dealkylation sites (N-methyl/N-ethyl adjacent to an activating group) is 1. The Morgan fingerprint density at radius 3 is 2.67 bits per heavy atom. The molecule has 4 nitrogen and oxygen atoms in total. The van der Waals surface area contributed by atoms with Crippen LogP contribution in [0, 0.1) is 5.92 Å². The zero-order valence-corrected chi connectivity index (χ0v) is 13.7. The molecule has 21 heavy (non-hydrogen) atoms. The van der Waals surface area contributed by atoms with E-state index in [0.717, 1.165) is 18.4 Å². The first-order valence-electron chi connectivity index (χ1n) is 7.03. The van der Waals surface area contributed by atoms with Crippen molar-refractivity contribution in [3.8, 4) is 0 Å². The lowest BCUT2D eigenvalue weighted by molar-refractivity contribution is 0.113. The number of carbonyl (C=O) groups is 1. The summed E-state index contributed by atoms with van der Waals surface area (Å²) in [6.45, 7) is 2.23. The first-order valence-corrected chi connectivity index (χ1v) is 7.78. The maximum absolute atomic E-state index is 12.1. The summed E-state index contributed by atoms with van der Waals surface area (Å²) in [5.74, 6) is 0.354. The normalized spacial score (nSPS) is 17.2. The van der Waals surface area contributed by atoms with Gasteiger partial charge < -0.3 is 15.3 Å². The molecule has 1 fully saturated rings. The molecular weight excluding hydrogens is 311 g/mol. The van der Waals surface area contributed by atoms with Gasteiger partial charge >= 0.3 is 6.03 Å². The maximum atomic E-state index is 12.1. The zero-order chi connectivity index (χ0) is 15.6. The van der Waals surface area contributed by atoms with Gasteiger partial charge in [-0.15, -0.1) is 0 Å². The topological polar surface area (TPSA) is 52.6 Å². The highest BCUT2D eigenvalue weighted by atomic mass is 35.5. The summed E-state index contributed by atoms with van der Waals surface area (Å²) in [6.07, 6.45) is 1.67. The van der Waals surface area contributed by atoms with Gasteiger partial charge in [-0.3, -0.25) is 0 Å². The first kappa shape index (κ1) is 16.4. The molecule has 2 rings (SSSR count). The predicted molar refractivity (Wildman–Crippen MR) is 84.8 cm³/mol. The minimum Gasteiger partial charge on any atom is -0.391 e. The summed E-state index contributed by atoms with van der Waals surface area (Å²) in [4.78, 5) is 13.6. The van der Waals surface area contributed by atoms with Crippen LogP contribution in [-0.4, -0.2) is 35.7 Å². The molecule has 116 valence electrons. The van der Waals surface area contributed by atoms with Crippen LogP contribution >= 0.6 is 23.2 Å². The van der Waals surface area contributed by atoms with Crippen molar-refractivity contribution >= 4 is 29.2 Å². The van der Waals surface area contributed by atoms with Gasteiger partial charge in [-0.25, -0.2) is 4.79 Å². The van der Waals surface area contributed by atoms with Crippen LogP contribution in [0.1, 0.15) is 31.4 Å². The fraction of sp³-hybridized carbons (Fsp3) is 0.533. The lowest BCUT2D eigenvalue weighted by Crippen LogP contribution is -2.42. The molecule has 0 heterocycles. The number of amides is 2. The number of nitrogens with one attached hydrogen (secondary N) is 1. The minimum atomic E-state index is -0.430. The Morgan fingerprint density at radius 1 is 1.43 bits per heavy atom. The van der Waals surface area contributed by atoms with E-state index in [-0.39, 0.29) is 12.1 Å². The molecular formula is C15H20Cl2N2O2. The van der Waals surface area contributed by atoms with Crippen LogP contribution in [0.2, 0.25) is 10.0 Å². The lowest BCUT2D eigenvalue weighted by Gasteiger charge is -2.24. The summed E-state index contributed by atoms with van der Waals surface area (Å²) in [5.41, 5.74) is 0.883. The standard InChI is InChI=1S/C15H20Cl2N2O2/c1-9(11-5-6-12(16)13(17)7-11)18-15(21)19(2)8-14(20)10-3-4-10/h5-7,9-10,14,20H,3-4,8H2,1-2H3,(H,18,21). The molecule has 0 saturated heterocycles. The lowest BCUT2D eigenvalue weighted by atomic mass is 10.1. The molecule has 2 N–H and O–H groups in total.